The number of benzene rings is 2. The van der Waals surface area contributed by atoms with E-state index in [0.717, 1.165) is 22.3 Å². The Hall–Kier alpha value is -2.76. The van der Waals surface area contributed by atoms with Crippen LogP contribution in [0.25, 0.3) is 11.1 Å². The maximum Gasteiger partial charge on any atom is 0.207 e. The molecule has 0 unspecified atom stereocenters. The summed E-state index contributed by atoms with van der Waals surface area (Å²) in [4.78, 5) is 0. The molecule has 0 saturated heterocycles. The van der Waals surface area contributed by atoms with Crippen molar-refractivity contribution >= 4 is 0 Å². The minimum atomic E-state index is 0.485. The van der Waals surface area contributed by atoms with Crippen LogP contribution in [0.1, 0.15) is 11.1 Å². The zero-order chi connectivity index (χ0) is 18.1. The molecule has 1 aliphatic rings. The molecule has 25 heavy (non-hydrogen) atoms. The van der Waals surface area contributed by atoms with Gasteiger partial charge in [0.1, 0.15) is 0 Å². The van der Waals surface area contributed by atoms with E-state index in [1.165, 1.54) is 0 Å². The minimum Gasteiger partial charge on any atom is -0.493 e. The van der Waals surface area contributed by atoms with Crippen molar-refractivity contribution in [2.75, 3.05) is 42.7 Å². The maximum absolute atomic E-state index is 5.69. The standard InChI is InChI=1S/C19H22O6/c1-20-12-8-7-10-9-11-14(13(10)16(12)22-3)17(23-4)19(25-6)18(24-5)15(11)21-2/h7-8H,9H2,1-6H3. The molecule has 0 radical (unpaired) electrons. The third kappa shape index (κ3) is 2.32. The summed E-state index contributed by atoms with van der Waals surface area (Å²) in [7, 11) is 9.62. The smallest absolute Gasteiger partial charge is 0.207 e. The van der Waals surface area contributed by atoms with E-state index in [1.54, 1.807) is 42.7 Å². The van der Waals surface area contributed by atoms with Gasteiger partial charge in [-0.05, 0) is 11.6 Å². The van der Waals surface area contributed by atoms with Crippen molar-refractivity contribution in [1.29, 1.82) is 0 Å². The van der Waals surface area contributed by atoms with E-state index in [-0.39, 0.29) is 0 Å². The van der Waals surface area contributed by atoms with Crippen LogP contribution >= 0.6 is 0 Å². The number of rotatable bonds is 6. The quantitative estimate of drug-likeness (QED) is 0.682. The third-order valence-corrected chi connectivity index (χ3v) is 4.49. The zero-order valence-electron chi connectivity index (χ0n) is 15.3. The van der Waals surface area contributed by atoms with Gasteiger partial charge in [0, 0.05) is 23.1 Å². The van der Waals surface area contributed by atoms with Crippen molar-refractivity contribution < 1.29 is 28.4 Å². The van der Waals surface area contributed by atoms with E-state index in [2.05, 4.69) is 0 Å². The lowest BCUT2D eigenvalue weighted by Gasteiger charge is -2.20. The van der Waals surface area contributed by atoms with Crippen LogP contribution in [0.15, 0.2) is 12.1 Å². The number of ether oxygens (including phenoxy) is 6. The average molecular weight is 346 g/mol. The molecule has 2 aromatic rings. The first-order chi connectivity index (χ1) is 12.2. The van der Waals surface area contributed by atoms with Crippen LogP contribution in [0.4, 0.5) is 0 Å². The van der Waals surface area contributed by atoms with E-state index in [1.807, 2.05) is 12.1 Å². The fraction of sp³-hybridized carbons (Fsp3) is 0.368. The molecule has 3 rings (SSSR count). The molecule has 0 atom stereocenters. The van der Waals surface area contributed by atoms with Crippen molar-refractivity contribution in [3.8, 4) is 45.6 Å². The van der Waals surface area contributed by atoms with Gasteiger partial charge >= 0.3 is 0 Å². The first kappa shape index (κ1) is 17.1. The van der Waals surface area contributed by atoms with Gasteiger partial charge in [0.05, 0.1) is 42.7 Å². The Morgan fingerprint density at radius 2 is 1.12 bits per heavy atom. The molecular weight excluding hydrogens is 324 g/mol. The van der Waals surface area contributed by atoms with Gasteiger partial charge in [-0.25, -0.2) is 0 Å². The summed E-state index contributed by atoms with van der Waals surface area (Å²) >= 11 is 0. The Balaban J connectivity index is 2.44. The van der Waals surface area contributed by atoms with E-state index in [0.29, 0.717) is 40.9 Å². The van der Waals surface area contributed by atoms with Gasteiger partial charge in [0.2, 0.25) is 11.5 Å². The van der Waals surface area contributed by atoms with Gasteiger partial charge in [-0.3, -0.25) is 0 Å². The van der Waals surface area contributed by atoms with Crippen LogP contribution in [-0.2, 0) is 6.42 Å². The lowest BCUT2D eigenvalue weighted by atomic mass is 10.0. The monoisotopic (exact) mass is 346 g/mol. The normalized spacial score (nSPS) is 11.4. The van der Waals surface area contributed by atoms with Crippen molar-refractivity contribution in [2.45, 2.75) is 6.42 Å². The summed E-state index contributed by atoms with van der Waals surface area (Å²) in [5, 5.41) is 0. The number of methoxy groups -OCH3 is 6. The minimum absolute atomic E-state index is 0.485. The summed E-state index contributed by atoms with van der Waals surface area (Å²) < 4.78 is 33.6. The van der Waals surface area contributed by atoms with Crippen LogP contribution < -0.4 is 28.4 Å². The van der Waals surface area contributed by atoms with Crippen LogP contribution in [0, 0.1) is 0 Å². The maximum atomic E-state index is 5.69. The predicted molar refractivity (Wildman–Crippen MR) is 94.0 cm³/mol. The highest BCUT2D eigenvalue weighted by Crippen LogP contribution is 2.59. The summed E-state index contributed by atoms with van der Waals surface area (Å²) in [5.74, 6) is 3.53. The molecule has 6 nitrogen and oxygen atoms in total. The highest BCUT2D eigenvalue weighted by atomic mass is 16.5. The number of hydrogen-bond donors (Lipinski definition) is 0. The SMILES string of the molecule is COc1ccc2c(c1OC)-c1c(c(OC)c(OC)c(OC)c1OC)C2. The highest BCUT2D eigenvalue weighted by molar-refractivity contribution is 5.93. The molecule has 1 aliphatic carbocycles. The Kier molecular flexibility index (Phi) is 4.53. The highest BCUT2D eigenvalue weighted by Gasteiger charge is 2.35. The predicted octanol–water partition coefficient (Wildman–Crippen LogP) is 3.31. The first-order valence-corrected chi connectivity index (χ1v) is 7.79. The van der Waals surface area contributed by atoms with E-state index >= 15 is 0 Å². The fourth-order valence-electron chi connectivity index (χ4n) is 3.50. The molecule has 0 heterocycles. The fourth-order valence-corrected chi connectivity index (χ4v) is 3.50. The molecule has 0 bridgehead atoms. The molecule has 134 valence electrons. The van der Waals surface area contributed by atoms with Crippen LogP contribution in [0.5, 0.6) is 34.5 Å². The van der Waals surface area contributed by atoms with E-state index in [9.17, 15) is 0 Å². The molecule has 0 saturated carbocycles. The Bertz CT molecular complexity index is 813. The molecule has 2 aromatic carbocycles. The van der Waals surface area contributed by atoms with Crippen LogP contribution in [-0.4, -0.2) is 42.7 Å². The van der Waals surface area contributed by atoms with Crippen molar-refractivity contribution in [2.24, 2.45) is 0 Å². The van der Waals surface area contributed by atoms with Crippen molar-refractivity contribution in [1.82, 2.24) is 0 Å². The van der Waals surface area contributed by atoms with Gasteiger partial charge in [0.15, 0.2) is 23.0 Å². The summed E-state index contributed by atoms with van der Waals surface area (Å²) in [6.45, 7) is 0. The molecular formula is C19H22O6. The second kappa shape index (κ2) is 6.63. The lowest BCUT2D eigenvalue weighted by Crippen LogP contribution is -2.02. The van der Waals surface area contributed by atoms with Crippen LogP contribution in [0.2, 0.25) is 0 Å². The molecule has 0 spiro atoms. The number of fused-ring (bicyclic) bond motifs is 3. The Labute approximate surface area is 147 Å². The second-order valence-electron chi connectivity index (χ2n) is 5.50. The van der Waals surface area contributed by atoms with Crippen molar-refractivity contribution in [3.05, 3.63) is 23.3 Å². The molecule has 0 amide bonds. The zero-order valence-corrected chi connectivity index (χ0v) is 15.3. The number of hydrogen-bond acceptors (Lipinski definition) is 6. The Morgan fingerprint density at radius 1 is 0.560 bits per heavy atom. The van der Waals surface area contributed by atoms with Crippen molar-refractivity contribution in [3.63, 3.8) is 0 Å². The van der Waals surface area contributed by atoms with Gasteiger partial charge in [-0.1, -0.05) is 6.07 Å². The van der Waals surface area contributed by atoms with Gasteiger partial charge in [-0.2, -0.15) is 0 Å². The summed E-state index contributed by atoms with van der Waals surface area (Å²) in [6, 6.07) is 3.92. The second-order valence-corrected chi connectivity index (χ2v) is 5.50. The topological polar surface area (TPSA) is 55.4 Å². The first-order valence-electron chi connectivity index (χ1n) is 7.79. The third-order valence-electron chi connectivity index (χ3n) is 4.49. The Morgan fingerprint density at radius 3 is 1.64 bits per heavy atom. The average Bonchev–Trinajstić information content (AvgIpc) is 3.03. The molecule has 0 fully saturated rings. The molecule has 0 N–H and O–H groups in total. The van der Waals surface area contributed by atoms with Gasteiger partial charge in [0.25, 0.3) is 0 Å². The van der Waals surface area contributed by atoms with Crippen LogP contribution in [0.3, 0.4) is 0 Å². The van der Waals surface area contributed by atoms with E-state index in [4.69, 9.17) is 28.4 Å². The largest absolute Gasteiger partial charge is 0.493 e. The van der Waals surface area contributed by atoms with Gasteiger partial charge in [-0.15, -0.1) is 0 Å². The van der Waals surface area contributed by atoms with Gasteiger partial charge < -0.3 is 28.4 Å². The molecule has 6 heteroatoms. The molecule has 0 aromatic heterocycles. The van der Waals surface area contributed by atoms with E-state index < -0.39 is 0 Å². The summed E-state index contributed by atoms with van der Waals surface area (Å²) in [6.07, 6.45) is 0.672. The lowest BCUT2D eigenvalue weighted by molar-refractivity contribution is 0.305. The molecule has 0 aliphatic heterocycles. The summed E-state index contributed by atoms with van der Waals surface area (Å²) in [5.41, 5.74) is 3.87.